The maximum atomic E-state index is 12.0. The van der Waals surface area contributed by atoms with Crippen LogP contribution in [0.15, 0.2) is 57.9 Å². The van der Waals surface area contributed by atoms with Gasteiger partial charge in [0.05, 0.1) is 5.39 Å². The molecule has 0 saturated heterocycles. The van der Waals surface area contributed by atoms with Crippen LogP contribution < -0.4 is 5.69 Å². The van der Waals surface area contributed by atoms with Crippen molar-refractivity contribution >= 4 is 11.1 Å². The van der Waals surface area contributed by atoms with E-state index in [0.29, 0.717) is 12.3 Å². The first-order valence-electron chi connectivity index (χ1n) is 7.92. The maximum absolute atomic E-state index is 12.0. The minimum Gasteiger partial charge on any atom is -0.437 e. The molecule has 23 heavy (non-hydrogen) atoms. The SMILES string of the molecule is C/C=C/Cn1cc2cc(-c3ccc(CCC)cc3)oc2nc1=O. The van der Waals surface area contributed by atoms with Gasteiger partial charge in [-0.2, -0.15) is 4.98 Å². The molecular weight excluding hydrogens is 288 g/mol. The Morgan fingerprint density at radius 1 is 1.26 bits per heavy atom. The lowest BCUT2D eigenvalue weighted by atomic mass is 10.1. The molecule has 4 heteroatoms. The zero-order chi connectivity index (χ0) is 16.2. The number of aryl methyl sites for hydroxylation is 1. The molecule has 0 aliphatic carbocycles. The lowest BCUT2D eigenvalue weighted by Crippen LogP contribution is -2.21. The van der Waals surface area contributed by atoms with Crippen molar-refractivity contribution < 1.29 is 4.42 Å². The van der Waals surface area contributed by atoms with E-state index >= 15 is 0 Å². The monoisotopic (exact) mass is 308 g/mol. The zero-order valence-electron chi connectivity index (χ0n) is 13.5. The third-order valence-corrected chi connectivity index (χ3v) is 3.79. The Hall–Kier alpha value is -2.62. The van der Waals surface area contributed by atoms with Gasteiger partial charge in [-0.25, -0.2) is 4.79 Å². The highest BCUT2D eigenvalue weighted by Crippen LogP contribution is 2.26. The van der Waals surface area contributed by atoms with E-state index < -0.39 is 0 Å². The van der Waals surface area contributed by atoms with Gasteiger partial charge in [0.1, 0.15) is 5.76 Å². The largest absolute Gasteiger partial charge is 0.437 e. The second kappa shape index (κ2) is 6.65. The van der Waals surface area contributed by atoms with Crippen LogP contribution in [0.25, 0.3) is 22.4 Å². The van der Waals surface area contributed by atoms with Crippen LogP contribution in [0, 0.1) is 0 Å². The minimum absolute atomic E-state index is 0.296. The Kier molecular flexibility index (Phi) is 4.42. The third-order valence-electron chi connectivity index (χ3n) is 3.79. The summed E-state index contributed by atoms with van der Waals surface area (Å²) in [6, 6.07) is 10.3. The molecule has 0 radical (unpaired) electrons. The fourth-order valence-electron chi connectivity index (χ4n) is 2.57. The number of benzene rings is 1. The second-order valence-corrected chi connectivity index (χ2v) is 5.56. The van der Waals surface area contributed by atoms with Crippen molar-refractivity contribution in [3.63, 3.8) is 0 Å². The molecule has 0 aliphatic rings. The number of nitrogens with zero attached hydrogens (tertiary/aromatic N) is 2. The molecule has 0 saturated carbocycles. The Balaban J connectivity index is 1.97. The van der Waals surface area contributed by atoms with Crippen molar-refractivity contribution in [2.45, 2.75) is 33.2 Å². The second-order valence-electron chi connectivity index (χ2n) is 5.56. The van der Waals surface area contributed by atoms with Crippen LogP contribution in [0.4, 0.5) is 0 Å². The summed E-state index contributed by atoms with van der Waals surface area (Å²) in [5.41, 5.74) is 2.40. The van der Waals surface area contributed by atoms with E-state index in [-0.39, 0.29) is 5.69 Å². The standard InChI is InChI=1S/C19H20N2O2/c1-3-5-11-21-13-16-12-17(23-18(16)20-19(21)22)15-9-7-14(6-4-2)8-10-15/h3,5,7-10,12-13H,4,6,11H2,1-2H3/b5-3+. The molecule has 0 fully saturated rings. The van der Waals surface area contributed by atoms with Crippen LogP contribution >= 0.6 is 0 Å². The lowest BCUT2D eigenvalue weighted by Gasteiger charge is -2.00. The quantitative estimate of drug-likeness (QED) is 0.664. The van der Waals surface area contributed by atoms with Crippen LogP contribution in [0.5, 0.6) is 0 Å². The van der Waals surface area contributed by atoms with Crippen LogP contribution in [0.3, 0.4) is 0 Å². The van der Waals surface area contributed by atoms with Crippen molar-refractivity contribution in [3.8, 4) is 11.3 Å². The Labute approximate surface area is 135 Å². The van der Waals surface area contributed by atoms with E-state index in [0.717, 1.165) is 29.6 Å². The Bertz CT molecular complexity index is 886. The summed E-state index contributed by atoms with van der Waals surface area (Å²) in [4.78, 5) is 16.0. The fraction of sp³-hybridized carbons (Fsp3) is 0.263. The molecule has 3 rings (SSSR count). The molecule has 2 aromatic heterocycles. The number of furan rings is 1. The van der Waals surface area contributed by atoms with Gasteiger partial charge in [0.2, 0.25) is 5.71 Å². The molecule has 118 valence electrons. The minimum atomic E-state index is -0.296. The molecule has 0 aliphatic heterocycles. The first-order valence-corrected chi connectivity index (χ1v) is 7.92. The lowest BCUT2D eigenvalue weighted by molar-refractivity contribution is 0.609. The van der Waals surface area contributed by atoms with Gasteiger partial charge in [-0.15, -0.1) is 0 Å². The van der Waals surface area contributed by atoms with Crippen LogP contribution in [-0.4, -0.2) is 9.55 Å². The van der Waals surface area contributed by atoms with E-state index in [1.165, 1.54) is 5.56 Å². The number of rotatable bonds is 5. The van der Waals surface area contributed by atoms with Crippen molar-refractivity contribution in [2.75, 3.05) is 0 Å². The highest BCUT2D eigenvalue weighted by Gasteiger charge is 2.09. The smallest absolute Gasteiger partial charge is 0.351 e. The summed E-state index contributed by atoms with van der Waals surface area (Å²) < 4.78 is 7.33. The highest BCUT2D eigenvalue weighted by atomic mass is 16.3. The number of hydrogen-bond donors (Lipinski definition) is 0. The Morgan fingerprint density at radius 3 is 2.74 bits per heavy atom. The summed E-state index contributed by atoms with van der Waals surface area (Å²) in [6.45, 7) is 4.61. The number of aromatic nitrogens is 2. The first kappa shape index (κ1) is 15.3. The normalized spacial score (nSPS) is 11.6. The summed E-state index contributed by atoms with van der Waals surface area (Å²) in [5, 5.41) is 0.835. The van der Waals surface area contributed by atoms with Crippen molar-refractivity contribution in [1.29, 1.82) is 0 Å². The van der Waals surface area contributed by atoms with Crippen LogP contribution in [0.1, 0.15) is 25.8 Å². The van der Waals surface area contributed by atoms with Crippen LogP contribution in [-0.2, 0) is 13.0 Å². The predicted molar refractivity (Wildman–Crippen MR) is 92.5 cm³/mol. The molecule has 0 unspecified atom stereocenters. The van der Waals surface area contributed by atoms with E-state index in [9.17, 15) is 4.79 Å². The molecular formula is C19H20N2O2. The van der Waals surface area contributed by atoms with E-state index in [2.05, 4.69) is 36.2 Å². The molecule has 0 amide bonds. The topological polar surface area (TPSA) is 48.0 Å². The molecule has 0 bridgehead atoms. The maximum Gasteiger partial charge on any atom is 0.351 e. The Morgan fingerprint density at radius 2 is 2.04 bits per heavy atom. The zero-order valence-corrected chi connectivity index (χ0v) is 13.5. The molecule has 0 spiro atoms. The van der Waals surface area contributed by atoms with Gasteiger partial charge in [0, 0.05) is 18.3 Å². The molecule has 4 nitrogen and oxygen atoms in total. The van der Waals surface area contributed by atoms with Crippen molar-refractivity contribution in [3.05, 3.63) is 64.7 Å². The first-order chi connectivity index (χ1) is 11.2. The summed E-state index contributed by atoms with van der Waals surface area (Å²) in [6.07, 6.45) is 7.83. The van der Waals surface area contributed by atoms with Gasteiger partial charge >= 0.3 is 5.69 Å². The number of fused-ring (bicyclic) bond motifs is 1. The van der Waals surface area contributed by atoms with Gasteiger partial charge in [0.25, 0.3) is 0 Å². The average Bonchev–Trinajstić information content (AvgIpc) is 2.96. The number of hydrogen-bond acceptors (Lipinski definition) is 3. The van der Waals surface area contributed by atoms with Crippen LogP contribution in [0.2, 0.25) is 0 Å². The molecule has 0 atom stereocenters. The summed E-state index contributed by atoms with van der Waals surface area (Å²) in [5.74, 6) is 0.735. The molecule has 2 heterocycles. The van der Waals surface area contributed by atoms with Gasteiger partial charge in [-0.1, -0.05) is 49.8 Å². The average molecular weight is 308 g/mol. The summed E-state index contributed by atoms with van der Waals surface area (Å²) >= 11 is 0. The van der Waals surface area contributed by atoms with Crippen molar-refractivity contribution in [2.24, 2.45) is 0 Å². The van der Waals surface area contributed by atoms with E-state index in [1.54, 1.807) is 10.8 Å². The van der Waals surface area contributed by atoms with Gasteiger partial charge in [-0.3, -0.25) is 4.57 Å². The molecule has 3 aromatic rings. The van der Waals surface area contributed by atoms with E-state index in [4.69, 9.17) is 4.42 Å². The van der Waals surface area contributed by atoms with E-state index in [1.807, 2.05) is 25.1 Å². The van der Waals surface area contributed by atoms with Gasteiger partial charge < -0.3 is 4.42 Å². The fourth-order valence-corrected chi connectivity index (χ4v) is 2.57. The predicted octanol–water partition coefficient (Wildman–Crippen LogP) is 4.19. The molecule has 1 aromatic carbocycles. The number of allylic oxidation sites excluding steroid dienone is 2. The van der Waals surface area contributed by atoms with Gasteiger partial charge in [-0.05, 0) is 25.0 Å². The molecule has 0 N–H and O–H groups in total. The summed E-state index contributed by atoms with van der Waals surface area (Å²) in [7, 11) is 0. The van der Waals surface area contributed by atoms with Gasteiger partial charge in [0.15, 0.2) is 0 Å². The van der Waals surface area contributed by atoms with Crippen molar-refractivity contribution in [1.82, 2.24) is 9.55 Å². The third kappa shape index (κ3) is 3.26. The highest BCUT2D eigenvalue weighted by molar-refractivity contribution is 5.79.